The van der Waals surface area contributed by atoms with E-state index in [1.54, 1.807) is 4.68 Å². The first-order valence-corrected chi connectivity index (χ1v) is 5.83. The Morgan fingerprint density at radius 3 is 3.13 bits per heavy atom. The van der Waals surface area contributed by atoms with Crippen molar-refractivity contribution in [2.24, 2.45) is 0 Å². The summed E-state index contributed by atoms with van der Waals surface area (Å²) in [4.78, 5) is 0. The third kappa shape index (κ3) is 2.58. The highest BCUT2D eigenvalue weighted by Gasteiger charge is 2.15. The molecule has 4 nitrogen and oxygen atoms in total. The van der Waals surface area contributed by atoms with Crippen LogP contribution in [0.5, 0.6) is 0 Å². The minimum absolute atomic E-state index is 0.247. The molecule has 1 saturated heterocycles. The fourth-order valence-electron chi connectivity index (χ4n) is 1.73. The quantitative estimate of drug-likeness (QED) is 0.826. The molecule has 0 spiro atoms. The van der Waals surface area contributed by atoms with E-state index < -0.39 is 0 Å². The number of hydrogen-bond donors (Lipinski definition) is 0. The first-order chi connectivity index (χ1) is 7.29. The van der Waals surface area contributed by atoms with E-state index in [-0.39, 0.29) is 6.10 Å². The maximum absolute atomic E-state index is 8.75. The van der Waals surface area contributed by atoms with Crippen LogP contribution in [-0.2, 0) is 11.3 Å². The van der Waals surface area contributed by atoms with Crippen LogP contribution in [0.4, 0.5) is 0 Å². The van der Waals surface area contributed by atoms with Gasteiger partial charge in [0.1, 0.15) is 6.07 Å². The molecule has 1 aliphatic rings. The summed E-state index contributed by atoms with van der Waals surface area (Å²) in [6.07, 6.45) is 5.54. The third-order valence-corrected chi connectivity index (χ3v) is 3.07. The van der Waals surface area contributed by atoms with Gasteiger partial charge in [-0.25, -0.2) is 0 Å². The highest BCUT2D eigenvalue weighted by Crippen LogP contribution is 2.17. The number of hydrogen-bond acceptors (Lipinski definition) is 3. The smallest absolute Gasteiger partial charge is 0.176 e. The fraction of sp³-hybridized carbons (Fsp3) is 0.600. The predicted molar refractivity (Wildman–Crippen MR) is 58.2 cm³/mol. The normalized spacial score (nSPS) is 21.2. The second-order valence-electron chi connectivity index (χ2n) is 3.65. The maximum Gasteiger partial charge on any atom is 0.176 e. The zero-order valence-corrected chi connectivity index (χ0v) is 9.90. The number of aromatic nitrogens is 2. The van der Waals surface area contributed by atoms with Gasteiger partial charge < -0.3 is 4.74 Å². The van der Waals surface area contributed by atoms with Crippen LogP contribution in [0.1, 0.15) is 25.0 Å². The molecular formula is C10H12BrN3O. The lowest BCUT2D eigenvalue weighted by Gasteiger charge is -2.22. The Balaban J connectivity index is 2.01. The van der Waals surface area contributed by atoms with Gasteiger partial charge >= 0.3 is 0 Å². The topological polar surface area (TPSA) is 50.8 Å². The van der Waals surface area contributed by atoms with Gasteiger partial charge in [0, 0.05) is 12.8 Å². The van der Waals surface area contributed by atoms with E-state index in [1.165, 1.54) is 6.42 Å². The SMILES string of the molecule is N#Cc1nn(CC2CCCCO2)cc1Br. The fourth-order valence-corrected chi connectivity index (χ4v) is 2.13. The average Bonchev–Trinajstić information content (AvgIpc) is 2.60. The molecule has 0 aromatic carbocycles. The molecule has 2 rings (SSSR count). The van der Waals surface area contributed by atoms with Gasteiger partial charge in [-0.05, 0) is 35.2 Å². The van der Waals surface area contributed by atoms with Crippen LogP contribution >= 0.6 is 15.9 Å². The predicted octanol–water partition coefficient (Wildman–Crippen LogP) is 2.09. The lowest BCUT2D eigenvalue weighted by Crippen LogP contribution is -2.24. The van der Waals surface area contributed by atoms with Crippen molar-refractivity contribution in [3.05, 3.63) is 16.4 Å². The minimum atomic E-state index is 0.247. The number of rotatable bonds is 2. The van der Waals surface area contributed by atoms with E-state index in [0.29, 0.717) is 5.69 Å². The molecule has 5 heteroatoms. The van der Waals surface area contributed by atoms with Crippen molar-refractivity contribution in [2.75, 3.05) is 6.61 Å². The van der Waals surface area contributed by atoms with Crippen molar-refractivity contribution in [3.8, 4) is 6.07 Å². The Morgan fingerprint density at radius 2 is 2.53 bits per heavy atom. The summed E-state index contributed by atoms with van der Waals surface area (Å²) in [6.45, 7) is 1.58. The minimum Gasteiger partial charge on any atom is -0.376 e. The molecule has 0 bridgehead atoms. The molecule has 1 aliphatic heterocycles. The molecule has 0 radical (unpaired) electrons. The standard InChI is InChI=1S/C10H12BrN3O/c11-9-7-14(13-10(9)5-12)6-8-3-1-2-4-15-8/h7-8H,1-4,6H2. The molecule has 0 saturated carbocycles. The first kappa shape index (κ1) is 10.7. The molecule has 15 heavy (non-hydrogen) atoms. The summed E-state index contributed by atoms with van der Waals surface area (Å²) in [6, 6.07) is 2.03. The Bertz CT molecular complexity index is 377. The van der Waals surface area contributed by atoms with Gasteiger partial charge in [-0.3, -0.25) is 4.68 Å². The van der Waals surface area contributed by atoms with Crippen molar-refractivity contribution in [1.29, 1.82) is 5.26 Å². The Labute approximate surface area is 97.0 Å². The number of halogens is 1. The van der Waals surface area contributed by atoms with Crippen molar-refractivity contribution < 1.29 is 4.74 Å². The molecule has 1 aromatic rings. The van der Waals surface area contributed by atoms with Crippen molar-refractivity contribution in [1.82, 2.24) is 9.78 Å². The van der Waals surface area contributed by atoms with Gasteiger partial charge in [0.2, 0.25) is 0 Å². The van der Waals surface area contributed by atoms with E-state index in [1.807, 2.05) is 12.3 Å². The Kier molecular flexibility index (Phi) is 3.39. The van der Waals surface area contributed by atoms with Gasteiger partial charge in [-0.15, -0.1) is 0 Å². The Morgan fingerprint density at radius 1 is 1.67 bits per heavy atom. The van der Waals surface area contributed by atoms with Crippen LogP contribution in [0.2, 0.25) is 0 Å². The lowest BCUT2D eigenvalue weighted by atomic mass is 10.1. The third-order valence-electron chi connectivity index (χ3n) is 2.49. The molecule has 80 valence electrons. The first-order valence-electron chi connectivity index (χ1n) is 5.04. The summed E-state index contributed by atoms with van der Waals surface area (Å²) >= 11 is 3.30. The lowest BCUT2D eigenvalue weighted by molar-refractivity contribution is 0.00397. The van der Waals surface area contributed by atoms with Crippen LogP contribution in [0.3, 0.4) is 0 Å². The summed E-state index contributed by atoms with van der Waals surface area (Å²) < 4.78 is 8.13. The molecule has 2 heterocycles. The van der Waals surface area contributed by atoms with Crippen molar-refractivity contribution in [2.45, 2.75) is 31.9 Å². The second kappa shape index (κ2) is 4.77. The van der Waals surface area contributed by atoms with Gasteiger partial charge in [0.15, 0.2) is 5.69 Å². The van der Waals surface area contributed by atoms with E-state index in [2.05, 4.69) is 21.0 Å². The van der Waals surface area contributed by atoms with E-state index in [0.717, 1.165) is 30.5 Å². The molecule has 0 amide bonds. The highest BCUT2D eigenvalue weighted by atomic mass is 79.9. The van der Waals surface area contributed by atoms with Gasteiger partial charge in [-0.1, -0.05) is 0 Å². The van der Waals surface area contributed by atoms with E-state index in [4.69, 9.17) is 10.00 Å². The summed E-state index contributed by atoms with van der Waals surface area (Å²) in [7, 11) is 0. The van der Waals surface area contributed by atoms with Crippen LogP contribution in [-0.4, -0.2) is 22.5 Å². The number of nitrogens with zero attached hydrogens (tertiary/aromatic N) is 3. The average molecular weight is 270 g/mol. The van der Waals surface area contributed by atoms with E-state index in [9.17, 15) is 0 Å². The van der Waals surface area contributed by atoms with Crippen LogP contribution < -0.4 is 0 Å². The zero-order valence-electron chi connectivity index (χ0n) is 8.32. The number of ether oxygens (including phenoxy) is 1. The van der Waals surface area contributed by atoms with Crippen LogP contribution in [0, 0.1) is 11.3 Å². The largest absolute Gasteiger partial charge is 0.376 e. The van der Waals surface area contributed by atoms with Crippen molar-refractivity contribution >= 4 is 15.9 Å². The number of nitriles is 1. The monoisotopic (exact) mass is 269 g/mol. The molecule has 0 N–H and O–H groups in total. The van der Waals surface area contributed by atoms with E-state index >= 15 is 0 Å². The molecule has 1 aromatic heterocycles. The maximum atomic E-state index is 8.75. The Hall–Kier alpha value is -0.860. The molecule has 0 aliphatic carbocycles. The van der Waals surface area contributed by atoms with Gasteiger partial charge in [0.25, 0.3) is 0 Å². The second-order valence-corrected chi connectivity index (χ2v) is 4.50. The molecular weight excluding hydrogens is 258 g/mol. The summed E-state index contributed by atoms with van der Waals surface area (Å²) in [5.74, 6) is 0. The van der Waals surface area contributed by atoms with Crippen molar-refractivity contribution in [3.63, 3.8) is 0 Å². The summed E-state index contributed by atoms with van der Waals surface area (Å²) in [5, 5.41) is 12.9. The highest BCUT2D eigenvalue weighted by molar-refractivity contribution is 9.10. The zero-order chi connectivity index (χ0) is 10.7. The van der Waals surface area contributed by atoms with Crippen LogP contribution in [0.25, 0.3) is 0 Å². The summed E-state index contributed by atoms with van der Waals surface area (Å²) in [5.41, 5.74) is 0.436. The molecule has 1 unspecified atom stereocenters. The van der Waals surface area contributed by atoms with Crippen LogP contribution in [0.15, 0.2) is 10.7 Å². The molecule has 1 atom stereocenters. The molecule has 1 fully saturated rings. The van der Waals surface area contributed by atoms with Gasteiger partial charge in [0.05, 0.1) is 17.1 Å². The van der Waals surface area contributed by atoms with Gasteiger partial charge in [-0.2, -0.15) is 10.4 Å².